The predicted octanol–water partition coefficient (Wildman–Crippen LogP) is 3.64. The number of benzene rings is 1. The minimum Gasteiger partial charge on any atom is -0.497 e. The molecular weight excluding hydrogens is 291 g/mol. The van der Waals surface area contributed by atoms with Crippen molar-refractivity contribution in [3.05, 3.63) is 27.7 Å². The highest BCUT2D eigenvalue weighted by molar-refractivity contribution is 9.09. The molecule has 0 bridgehead atoms. The summed E-state index contributed by atoms with van der Waals surface area (Å²) in [6, 6.07) is 3.22. The van der Waals surface area contributed by atoms with Gasteiger partial charge in [0.25, 0.3) is 0 Å². The van der Waals surface area contributed by atoms with Crippen LogP contribution in [0.3, 0.4) is 0 Å². The number of halogens is 3. The molecule has 0 spiro atoms. The molecule has 1 rings (SSSR count). The summed E-state index contributed by atoms with van der Waals surface area (Å²) in [5.74, 6) is 0.564. The maximum Gasteiger partial charge on any atom is 0.138 e. The Balaban J connectivity index is 3.24. The molecule has 0 aliphatic rings. The number of carbonyl (C=O) groups excluding carboxylic acids is 1. The number of methoxy groups -OCH3 is 1. The Morgan fingerprint density at radius 2 is 1.93 bits per heavy atom. The van der Waals surface area contributed by atoms with Crippen molar-refractivity contribution in [1.82, 2.24) is 0 Å². The Morgan fingerprint density at radius 1 is 1.43 bits per heavy atom. The third-order valence-corrected chi connectivity index (χ3v) is 2.98. The number of ether oxygens (including phenoxy) is 1. The third kappa shape index (κ3) is 2.41. The van der Waals surface area contributed by atoms with E-state index in [1.54, 1.807) is 12.1 Å². The van der Waals surface area contributed by atoms with Crippen LogP contribution in [-0.2, 0) is 4.79 Å². The minimum atomic E-state index is -0.492. The molecule has 0 saturated heterocycles. The number of hydrogen-bond acceptors (Lipinski definition) is 2. The second-order valence-corrected chi connectivity index (χ2v) is 4.34. The van der Waals surface area contributed by atoms with Crippen molar-refractivity contribution in [2.75, 3.05) is 7.11 Å². The molecule has 1 unspecified atom stereocenters. The fourth-order valence-electron chi connectivity index (χ4n) is 1.01. The molecule has 2 nitrogen and oxygen atoms in total. The standard InChI is InChI=1S/C9H7BrCl2O2/c1-14-5-2-7(11)9(6(10)4-13)8(12)3-5/h2-4,6H,1H3. The van der Waals surface area contributed by atoms with Crippen molar-refractivity contribution >= 4 is 45.4 Å². The summed E-state index contributed by atoms with van der Waals surface area (Å²) in [5, 5.41) is 0.812. The van der Waals surface area contributed by atoms with Crippen molar-refractivity contribution in [2.24, 2.45) is 0 Å². The monoisotopic (exact) mass is 296 g/mol. The highest BCUT2D eigenvalue weighted by Gasteiger charge is 2.15. The molecule has 0 N–H and O–H groups in total. The predicted molar refractivity (Wildman–Crippen MR) is 60.7 cm³/mol. The molecular formula is C9H7BrCl2O2. The van der Waals surface area contributed by atoms with Crippen LogP contribution in [0.5, 0.6) is 5.75 Å². The van der Waals surface area contributed by atoms with Gasteiger partial charge in [-0.25, -0.2) is 0 Å². The smallest absolute Gasteiger partial charge is 0.138 e. The van der Waals surface area contributed by atoms with Gasteiger partial charge in [-0.1, -0.05) is 39.1 Å². The summed E-state index contributed by atoms with van der Waals surface area (Å²) < 4.78 is 4.97. The van der Waals surface area contributed by atoms with Gasteiger partial charge in [-0.05, 0) is 12.1 Å². The first-order chi connectivity index (χ1) is 6.60. The van der Waals surface area contributed by atoms with Crippen LogP contribution in [0, 0.1) is 0 Å². The first-order valence-corrected chi connectivity index (χ1v) is 5.39. The van der Waals surface area contributed by atoms with Gasteiger partial charge < -0.3 is 9.53 Å². The Hall–Kier alpha value is -0.250. The second-order valence-electron chi connectivity index (χ2n) is 2.54. The van der Waals surface area contributed by atoms with Crippen LogP contribution in [-0.4, -0.2) is 13.4 Å². The zero-order chi connectivity index (χ0) is 10.7. The van der Waals surface area contributed by atoms with Crippen molar-refractivity contribution in [3.63, 3.8) is 0 Å². The van der Waals surface area contributed by atoms with Crippen LogP contribution in [0.15, 0.2) is 12.1 Å². The van der Waals surface area contributed by atoms with Gasteiger partial charge >= 0.3 is 0 Å². The van der Waals surface area contributed by atoms with Crippen LogP contribution >= 0.6 is 39.1 Å². The van der Waals surface area contributed by atoms with Gasteiger partial charge in [0.2, 0.25) is 0 Å². The lowest BCUT2D eigenvalue weighted by Crippen LogP contribution is -1.94. The van der Waals surface area contributed by atoms with Crippen LogP contribution in [0.25, 0.3) is 0 Å². The van der Waals surface area contributed by atoms with Gasteiger partial charge in [0.05, 0.1) is 22.0 Å². The van der Waals surface area contributed by atoms with Crippen molar-refractivity contribution < 1.29 is 9.53 Å². The Labute approximate surface area is 100 Å². The average molecular weight is 298 g/mol. The van der Waals surface area contributed by atoms with E-state index < -0.39 is 4.83 Å². The van der Waals surface area contributed by atoms with E-state index in [-0.39, 0.29) is 0 Å². The SMILES string of the molecule is COc1cc(Cl)c(C(Br)C=O)c(Cl)c1. The molecule has 0 fully saturated rings. The second kappa shape index (κ2) is 5.01. The highest BCUT2D eigenvalue weighted by atomic mass is 79.9. The fraction of sp³-hybridized carbons (Fsp3) is 0.222. The van der Waals surface area contributed by atoms with E-state index in [1.165, 1.54) is 7.11 Å². The molecule has 0 saturated carbocycles. The van der Waals surface area contributed by atoms with Gasteiger partial charge in [-0.3, -0.25) is 0 Å². The topological polar surface area (TPSA) is 26.3 Å². The summed E-state index contributed by atoms with van der Waals surface area (Å²) in [6.45, 7) is 0. The quantitative estimate of drug-likeness (QED) is 0.629. The van der Waals surface area contributed by atoms with E-state index in [0.717, 1.165) is 6.29 Å². The maximum absolute atomic E-state index is 10.6. The molecule has 0 heterocycles. The molecule has 0 amide bonds. The largest absolute Gasteiger partial charge is 0.497 e. The molecule has 1 atom stereocenters. The molecule has 1 aromatic rings. The van der Waals surface area contributed by atoms with Crippen LogP contribution in [0.1, 0.15) is 10.4 Å². The van der Waals surface area contributed by atoms with E-state index in [9.17, 15) is 4.79 Å². The number of aldehydes is 1. The summed E-state index contributed by atoms with van der Waals surface area (Å²) in [6.07, 6.45) is 0.722. The lowest BCUT2D eigenvalue weighted by Gasteiger charge is -2.10. The van der Waals surface area contributed by atoms with Crippen molar-refractivity contribution in [1.29, 1.82) is 0 Å². The minimum absolute atomic E-state index is 0.406. The number of alkyl halides is 1. The van der Waals surface area contributed by atoms with Crippen LogP contribution in [0.4, 0.5) is 0 Å². The molecule has 0 aliphatic carbocycles. The van der Waals surface area contributed by atoms with Gasteiger partial charge in [-0.2, -0.15) is 0 Å². The summed E-state index contributed by atoms with van der Waals surface area (Å²) >= 11 is 15.0. The van der Waals surface area contributed by atoms with Crippen molar-refractivity contribution in [3.8, 4) is 5.75 Å². The van der Waals surface area contributed by atoms with Gasteiger partial charge in [0.15, 0.2) is 0 Å². The Bertz CT molecular complexity index is 332. The van der Waals surface area contributed by atoms with E-state index >= 15 is 0 Å². The number of hydrogen-bond donors (Lipinski definition) is 0. The number of carbonyl (C=O) groups is 1. The lowest BCUT2D eigenvalue weighted by molar-refractivity contribution is -0.107. The van der Waals surface area contributed by atoms with Gasteiger partial charge in [0, 0.05) is 5.56 Å². The zero-order valence-electron chi connectivity index (χ0n) is 7.26. The zero-order valence-corrected chi connectivity index (χ0v) is 10.4. The van der Waals surface area contributed by atoms with E-state index in [4.69, 9.17) is 27.9 Å². The number of rotatable bonds is 3. The molecule has 0 radical (unpaired) electrons. The average Bonchev–Trinajstić information content (AvgIpc) is 2.16. The molecule has 0 aromatic heterocycles. The van der Waals surface area contributed by atoms with Gasteiger partial charge in [0.1, 0.15) is 12.0 Å². The van der Waals surface area contributed by atoms with Gasteiger partial charge in [-0.15, -0.1) is 0 Å². The maximum atomic E-state index is 10.6. The summed E-state index contributed by atoms with van der Waals surface area (Å²) in [4.78, 5) is 10.1. The van der Waals surface area contributed by atoms with Crippen molar-refractivity contribution in [2.45, 2.75) is 4.83 Å². The lowest BCUT2D eigenvalue weighted by atomic mass is 10.1. The van der Waals surface area contributed by atoms with Crippen LogP contribution in [0.2, 0.25) is 10.0 Å². The normalized spacial score (nSPS) is 12.3. The van der Waals surface area contributed by atoms with E-state index in [2.05, 4.69) is 15.9 Å². The molecule has 0 aliphatic heterocycles. The summed E-state index contributed by atoms with van der Waals surface area (Å²) in [7, 11) is 1.52. The molecule has 76 valence electrons. The third-order valence-electron chi connectivity index (χ3n) is 1.68. The fourth-order valence-corrected chi connectivity index (χ4v) is 2.47. The van der Waals surface area contributed by atoms with E-state index in [0.29, 0.717) is 21.4 Å². The van der Waals surface area contributed by atoms with Crippen LogP contribution < -0.4 is 4.74 Å². The first kappa shape index (κ1) is 11.8. The van der Waals surface area contributed by atoms with E-state index in [1.807, 2.05) is 0 Å². The highest BCUT2D eigenvalue weighted by Crippen LogP contribution is 2.37. The molecule has 14 heavy (non-hydrogen) atoms. The Kier molecular flexibility index (Phi) is 4.23. The summed E-state index contributed by atoms with van der Waals surface area (Å²) in [5.41, 5.74) is 0.559. The Morgan fingerprint density at radius 3 is 2.29 bits per heavy atom. The molecule has 5 heteroatoms. The molecule has 1 aromatic carbocycles. The first-order valence-electron chi connectivity index (χ1n) is 3.72.